The van der Waals surface area contributed by atoms with Crippen LogP contribution in [0.4, 0.5) is 0 Å². The quantitative estimate of drug-likeness (QED) is 0.783. The lowest BCUT2D eigenvalue weighted by Crippen LogP contribution is -2.23. The van der Waals surface area contributed by atoms with Gasteiger partial charge in [0.15, 0.2) is 0 Å². The van der Waals surface area contributed by atoms with Gasteiger partial charge in [0.1, 0.15) is 0 Å². The fourth-order valence-electron chi connectivity index (χ4n) is 2.08. The Bertz CT molecular complexity index is 420. The zero-order valence-corrected chi connectivity index (χ0v) is 10.3. The van der Waals surface area contributed by atoms with E-state index in [0.717, 1.165) is 24.1 Å². The Balaban J connectivity index is 1.78. The number of hydrogen-bond donors (Lipinski definition) is 2. The molecule has 2 rings (SSSR count). The first-order chi connectivity index (χ1) is 8.25. The van der Waals surface area contributed by atoms with E-state index >= 15 is 0 Å². The van der Waals surface area contributed by atoms with Crippen molar-refractivity contribution >= 4 is 5.91 Å². The maximum atomic E-state index is 11.7. The maximum absolute atomic E-state index is 11.7. The van der Waals surface area contributed by atoms with Crippen molar-refractivity contribution in [2.45, 2.75) is 45.6 Å². The van der Waals surface area contributed by atoms with Crippen LogP contribution in [0.15, 0.2) is 17.8 Å². The molecule has 4 heteroatoms. The summed E-state index contributed by atoms with van der Waals surface area (Å²) in [5.41, 5.74) is 3.36. The van der Waals surface area contributed by atoms with E-state index in [9.17, 15) is 4.79 Å². The molecule has 1 heterocycles. The van der Waals surface area contributed by atoms with E-state index in [1.807, 2.05) is 6.92 Å². The van der Waals surface area contributed by atoms with Gasteiger partial charge in [0.25, 0.3) is 0 Å². The van der Waals surface area contributed by atoms with E-state index in [-0.39, 0.29) is 5.91 Å². The summed E-state index contributed by atoms with van der Waals surface area (Å²) in [5, 5.41) is 9.72. The van der Waals surface area contributed by atoms with Gasteiger partial charge < -0.3 is 5.32 Å². The number of nitrogens with one attached hydrogen (secondary N) is 2. The number of aryl methyl sites for hydroxylation is 1. The Morgan fingerprint density at radius 1 is 1.53 bits per heavy atom. The first kappa shape index (κ1) is 11.9. The number of H-pyrrole nitrogens is 1. The van der Waals surface area contributed by atoms with E-state index < -0.39 is 0 Å². The van der Waals surface area contributed by atoms with Crippen LogP contribution in [0.3, 0.4) is 0 Å². The van der Waals surface area contributed by atoms with Crippen molar-refractivity contribution in [3.63, 3.8) is 0 Å². The Morgan fingerprint density at radius 2 is 2.41 bits per heavy atom. The molecule has 1 aromatic heterocycles. The first-order valence-corrected chi connectivity index (χ1v) is 6.19. The number of carbonyl (C=O) groups is 1. The van der Waals surface area contributed by atoms with E-state index in [4.69, 9.17) is 0 Å². The molecule has 0 aromatic carbocycles. The highest BCUT2D eigenvalue weighted by Gasteiger charge is 2.09. The molecule has 0 radical (unpaired) electrons. The van der Waals surface area contributed by atoms with Crippen molar-refractivity contribution in [2.75, 3.05) is 0 Å². The molecule has 4 nitrogen and oxygen atoms in total. The van der Waals surface area contributed by atoms with Crippen molar-refractivity contribution in [1.82, 2.24) is 15.5 Å². The lowest BCUT2D eigenvalue weighted by molar-refractivity contribution is -0.120. The Kier molecular flexibility index (Phi) is 3.96. The Labute approximate surface area is 101 Å². The number of aromatic nitrogens is 2. The molecule has 17 heavy (non-hydrogen) atoms. The smallest absolute Gasteiger partial charge is 0.224 e. The topological polar surface area (TPSA) is 57.8 Å². The van der Waals surface area contributed by atoms with Gasteiger partial charge in [-0.2, -0.15) is 5.10 Å². The van der Waals surface area contributed by atoms with Crippen LogP contribution in [-0.4, -0.2) is 16.1 Å². The number of hydrogen-bond acceptors (Lipinski definition) is 2. The molecule has 0 saturated carbocycles. The molecule has 1 amide bonds. The highest BCUT2D eigenvalue weighted by molar-refractivity contribution is 5.78. The number of allylic oxidation sites excluding steroid dienone is 1. The molecule has 0 unspecified atom stereocenters. The molecule has 0 atom stereocenters. The summed E-state index contributed by atoms with van der Waals surface area (Å²) in [5.74, 6) is 0.110. The average Bonchev–Trinajstić information content (AvgIpc) is 2.74. The van der Waals surface area contributed by atoms with Crippen LogP contribution >= 0.6 is 0 Å². The monoisotopic (exact) mass is 233 g/mol. The minimum absolute atomic E-state index is 0.110. The summed E-state index contributed by atoms with van der Waals surface area (Å²) in [6.07, 6.45) is 9.22. The summed E-state index contributed by atoms with van der Waals surface area (Å²) in [6.45, 7) is 2.52. The second kappa shape index (κ2) is 5.66. The lowest BCUT2D eigenvalue weighted by Gasteiger charge is -2.12. The minimum Gasteiger partial charge on any atom is -0.352 e. The summed E-state index contributed by atoms with van der Waals surface area (Å²) in [4.78, 5) is 11.7. The Morgan fingerprint density at radius 3 is 3.06 bits per heavy atom. The van der Waals surface area contributed by atoms with Crippen LogP contribution in [0.5, 0.6) is 0 Å². The second-order valence-corrected chi connectivity index (χ2v) is 4.58. The molecule has 1 aliphatic carbocycles. The normalized spacial score (nSPS) is 15.5. The summed E-state index contributed by atoms with van der Waals surface area (Å²) < 4.78 is 0. The standard InChI is InChI=1S/C13H19N3O/c1-10-12(9-15-16-10)8-14-13(17)7-11-5-3-2-4-6-11/h5,9H,2-4,6-8H2,1H3,(H,14,17)(H,15,16). The molecule has 2 N–H and O–H groups in total. The maximum Gasteiger partial charge on any atom is 0.224 e. The summed E-state index contributed by atoms with van der Waals surface area (Å²) >= 11 is 0. The van der Waals surface area contributed by atoms with Crippen LogP contribution in [0, 0.1) is 6.92 Å². The molecular weight excluding hydrogens is 214 g/mol. The number of aromatic amines is 1. The number of carbonyl (C=O) groups excluding carboxylic acids is 1. The van der Waals surface area contributed by atoms with Gasteiger partial charge in [0.2, 0.25) is 5.91 Å². The zero-order valence-electron chi connectivity index (χ0n) is 10.3. The fraction of sp³-hybridized carbons (Fsp3) is 0.538. The predicted molar refractivity (Wildman–Crippen MR) is 66.3 cm³/mol. The van der Waals surface area contributed by atoms with Gasteiger partial charge in [0.05, 0.1) is 6.20 Å². The summed E-state index contributed by atoms with van der Waals surface area (Å²) in [7, 11) is 0. The van der Waals surface area contributed by atoms with E-state index in [0.29, 0.717) is 13.0 Å². The van der Waals surface area contributed by atoms with Crippen molar-refractivity contribution in [3.05, 3.63) is 29.1 Å². The van der Waals surface area contributed by atoms with Gasteiger partial charge in [-0.05, 0) is 32.6 Å². The molecule has 92 valence electrons. The molecule has 1 aromatic rings. The minimum atomic E-state index is 0.110. The third kappa shape index (κ3) is 3.44. The van der Waals surface area contributed by atoms with Gasteiger partial charge in [-0.3, -0.25) is 9.89 Å². The van der Waals surface area contributed by atoms with Gasteiger partial charge in [-0.1, -0.05) is 11.6 Å². The highest BCUT2D eigenvalue weighted by atomic mass is 16.1. The van der Waals surface area contributed by atoms with Gasteiger partial charge >= 0.3 is 0 Å². The fourth-order valence-corrected chi connectivity index (χ4v) is 2.08. The van der Waals surface area contributed by atoms with Crippen molar-refractivity contribution in [1.29, 1.82) is 0 Å². The Hall–Kier alpha value is -1.58. The molecule has 0 saturated heterocycles. The largest absolute Gasteiger partial charge is 0.352 e. The molecule has 0 spiro atoms. The van der Waals surface area contributed by atoms with Crippen LogP contribution in [-0.2, 0) is 11.3 Å². The molecule has 0 aliphatic heterocycles. The zero-order chi connectivity index (χ0) is 12.1. The summed E-state index contributed by atoms with van der Waals surface area (Å²) in [6, 6.07) is 0. The van der Waals surface area contributed by atoms with Crippen molar-refractivity contribution < 1.29 is 4.79 Å². The number of amides is 1. The van der Waals surface area contributed by atoms with Crippen LogP contribution in [0.1, 0.15) is 43.4 Å². The average molecular weight is 233 g/mol. The van der Waals surface area contributed by atoms with Crippen LogP contribution < -0.4 is 5.32 Å². The van der Waals surface area contributed by atoms with Crippen LogP contribution in [0.25, 0.3) is 0 Å². The third-order valence-corrected chi connectivity index (χ3v) is 3.18. The van der Waals surface area contributed by atoms with Gasteiger partial charge in [0, 0.05) is 24.2 Å². The second-order valence-electron chi connectivity index (χ2n) is 4.58. The SMILES string of the molecule is Cc1[nH]ncc1CNC(=O)CC1=CCCCC1. The van der Waals surface area contributed by atoms with Crippen molar-refractivity contribution in [2.24, 2.45) is 0 Å². The molecule has 0 fully saturated rings. The van der Waals surface area contributed by atoms with E-state index in [2.05, 4.69) is 21.6 Å². The van der Waals surface area contributed by atoms with Gasteiger partial charge in [-0.25, -0.2) is 0 Å². The third-order valence-electron chi connectivity index (χ3n) is 3.18. The number of rotatable bonds is 4. The molecule has 1 aliphatic rings. The highest BCUT2D eigenvalue weighted by Crippen LogP contribution is 2.19. The molecular formula is C13H19N3O. The van der Waals surface area contributed by atoms with Crippen molar-refractivity contribution in [3.8, 4) is 0 Å². The van der Waals surface area contributed by atoms with Gasteiger partial charge in [-0.15, -0.1) is 0 Å². The molecule has 0 bridgehead atoms. The van der Waals surface area contributed by atoms with E-state index in [1.165, 1.54) is 18.4 Å². The van der Waals surface area contributed by atoms with Crippen LogP contribution in [0.2, 0.25) is 0 Å². The first-order valence-electron chi connectivity index (χ1n) is 6.19. The van der Waals surface area contributed by atoms with E-state index in [1.54, 1.807) is 6.20 Å². The predicted octanol–water partition coefficient (Wildman–Crippen LogP) is 2.22. The lowest BCUT2D eigenvalue weighted by atomic mass is 9.97. The number of nitrogens with zero attached hydrogens (tertiary/aromatic N) is 1.